The first-order valence-electron chi connectivity index (χ1n) is 11.2. The zero-order chi connectivity index (χ0) is 25.0. The van der Waals surface area contributed by atoms with Crippen LogP contribution in [0.3, 0.4) is 0 Å². The normalized spacial score (nSPS) is 14.1. The van der Waals surface area contributed by atoms with Gasteiger partial charge in [-0.1, -0.05) is 55.7 Å². The number of aromatic nitrogens is 1. The molecule has 1 aliphatic carbocycles. The van der Waals surface area contributed by atoms with Crippen molar-refractivity contribution in [3.8, 4) is 0 Å². The average Bonchev–Trinajstić information content (AvgIpc) is 3.24. The molecule has 1 aromatic carbocycles. The number of nitrogens with zero attached hydrogens (tertiary/aromatic N) is 2. The number of nitrogens with one attached hydrogen (secondary N) is 1. The number of carbonyl (C=O) groups is 2. The molecule has 2 amide bonds. The number of alkyl halides is 3. The Morgan fingerprint density at radius 2 is 2.03 bits per heavy atom. The maximum Gasteiger partial charge on any atom is 0.416 e. The van der Waals surface area contributed by atoms with Gasteiger partial charge in [0, 0.05) is 12.6 Å². The lowest BCUT2D eigenvalue weighted by Gasteiger charge is -2.34. The van der Waals surface area contributed by atoms with Gasteiger partial charge in [0.05, 0.1) is 16.0 Å². The number of amides is 2. The number of urea groups is 1. The van der Waals surface area contributed by atoms with Crippen molar-refractivity contribution >= 4 is 40.7 Å². The van der Waals surface area contributed by atoms with Crippen LogP contribution in [0.25, 0.3) is 0 Å². The Bertz CT molecular complexity index is 903. The predicted octanol–water partition coefficient (Wildman–Crippen LogP) is 6.77. The summed E-state index contributed by atoms with van der Waals surface area (Å²) in [6.45, 7) is 2.33. The zero-order valence-corrected chi connectivity index (χ0v) is 20.6. The molecule has 0 aliphatic heterocycles. The number of hydrogen-bond donors (Lipinski definition) is 2. The van der Waals surface area contributed by atoms with Crippen LogP contribution >= 0.6 is 23.1 Å². The molecule has 1 aliphatic rings. The predicted molar refractivity (Wildman–Crippen MR) is 130 cm³/mol. The highest BCUT2D eigenvalue weighted by atomic mass is 32.2. The summed E-state index contributed by atoms with van der Waals surface area (Å²) in [5, 5.41) is 10.4. The Morgan fingerprint density at radius 3 is 2.68 bits per heavy atom. The monoisotopic (exact) mass is 517 g/mol. The van der Waals surface area contributed by atoms with Crippen LogP contribution < -0.4 is 5.32 Å². The molecule has 34 heavy (non-hydrogen) atoms. The zero-order valence-electron chi connectivity index (χ0n) is 19.0. The number of anilines is 1. The van der Waals surface area contributed by atoms with Crippen LogP contribution in [-0.4, -0.2) is 45.8 Å². The summed E-state index contributed by atoms with van der Waals surface area (Å²) in [7, 11) is 0. The molecule has 0 unspecified atom stereocenters. The Hall–Kier alpha value is -2.27. The quantitative estimate of drug-likeness (QED) is 0.298. The number of hydrogen-bond acceptors (Lipinski definition) is 5. The Labute approximate surface area is 206 Å². The summed E-state index contributed by atoms with van der Waals surface area (Å²) < 4.78 is 39.9. The fourth-order valence-electron chi connectivity index (χ4n) is 3.89. The van der Waals surface area contributed by atoms with E-state index in [1.165, 1.54) is 29.9 Å². The molecule has 3 rings (SSSR count). The van der Waals surface area contributed by atoms with E-state index in [2.05, 4.69) is 17.2 Å². The fraction of sp³-hybridized carbons (Fsp3) is 0.522. The lowest BCUT2D eigenvalue weighted by molar-refractivity contribution is -0.137. The van der Waals surface area contributed by atoms with Crippen molar-refractivity contribution in [2.45, 2.75) is 68.3 Å². The fourth-order valence-corrected chi connectivity index (χ4v) is 5.67. The Morgan fingerprint density at radius 1 is 1.32 bits per heavy atom. The third-order valence-corrected chi connectivity index (χ3v) is 7.37. The smallest absolute Gasteiger partial charge is 0.416 e. The summed E-state index contributed by atoms with van der Waals surface area (Å²) in [6, 6.07) is 5.44. The third-order valence-electron chi connectivity index (χ3n) is 5.38. The van der Waals surface area contributed by atoms with Crippen molar-refractivity contribution in [2.24, 2.45) is 0 Å². The van der Waals surface area contributed by atoms with Gasteiger partial charge < -0.3 is 10.0 Å². The summed E-state index contributed by atoms with van der Waals surface area (Å²) in [6.07, 6.45) is 3.83. The number of thiazole rings is 1. The lowest BCUT2D eigenvalue weighted by Crippen LogP contribution is -2.44. The number of halogens is 3. The van der Waals surface area contributed by atoms with Gasteiger partial charge in [-0.15, -0.1) is 11.8 Å². The van der Waals surface area contributed by atoms with E-state index in [9.17, 15) is 18.0 Å². The maximum absolute atomic E-state index is 13.0. The van der Waals surface area contributed by atoms with Gasteiger partial charge >= 0.3 is 12.2 Å². The van der Waals surface area contributed by atoms with E-state index in [4.69, 9.17) is 9.90 Å². The van der Waals surface area contributed by atoms with Gasteiger partial charge in [0.15, 0.2) is 5.13 Å². The van der Waals surface area contributed by atoms with E-state index in [1.807, 2.05) is 4.90 Å². The first-order chi connectivity index (χ1) is 16.3. The van der Waals surface area contributed by atoms with Crippen molar-refractivity contribution < 1.29 is 27.9 Å². The van der Waals surface area contributed by atoms with Gasteiger partial charge in [0.2, 0.25) is 0 Å². The Balaban J connectivity index is 0.00000129. The molecule has 0 bridgehead atoms. The molecule has 188 valence electrons. The van der Waals surface area contributed by atoms with Crippen molar-refractivity contribution in [1.29, 1.82) is 0 Å². The van der Waals surface area contributed by atoms with Gasteiger partial charge in [0.1, 0.15) is 0 Å². The topological polar surface area (TPSA) is 82.5 Å². The standard InChI is InChI=1S/C22H28F3N3OS2.CH2O2/c1-2-30-19-15-26-20(31-19)27-21(29)28(18-11-4-3-5-12-18)13-7-9-16-8-6-10-17(14-16)22(23,24)25;2-1-3/h6,8,10,14-15,18H,2-5,7,9,11-13H2,1H3,(H,26,27,29);1H,(H,2,3). The van der Waals surface area contributed by atoms with Gasteiger partial charge in [-0.05, 0) is 43.1 Å². The van der Waals surface area contributed by atoms with Crippen molar-refractivity contribution in [2.75, 3.05) is 17.6 Å². The SMILES string of the molecule is CCSc1cnc(NC(=O)N(CCCc2cccc(C(F)(F)F)c2)C2CCCCC2)s1.O=CO. The summed E-state index contributed by atoms with van der Waals surface area (Å²) in [4.78, 5) is 27.6. The summed E-state index contributed by atoms with van der Waals surface area (Å²) in [5.74, 6) is 0.944. The Kier molecular flexibility index (Phi) is 11.7. The van der Waals surface area contributed by atoms with Crippen molar-refractivity contribution in [1.82, 2.24) is 9.88 Å². The molecule has 6 nitrogen and oxygen atoms in total. The molecule has 11 heteroatoms. The molecule has 1 saturated carbocycles. The minimum Gasteiger partial charge on any atom is -0.483 e. The lowest BCUT2D eigenvalue weighted by atomic mass is 9.94. The average molecular weight is 518 g/mol. The van der Waals surface area contributed by atoms with Gasteiger partial charge in [-0.3, -0.25) is 10.1 Å². The second kappa shape index (κ2) is 14.2. The van der Waals surface area contributed by atoms with Crippen molar-refractivity contribution in [3.05, 3.63) is 41.6 Å². The van der Waals surface area contributed by atoms with Crippen molar-refractivity contribution in [3.63, 3.8) is 0 Å². The largest absolute Gasteiger partial charge is 0.483 e. The van der Waals surface area contributed by atoms with E-state index < -0.39 is 11.7 Å². The minimum atomic E-state index is -4.34. The first-order valence-corrected chi connectivity index (χ1v) is 13.0. The molecule has 1 fully saturated rings. The number of carbonyl (C=O) groups excluding carboxylic acids is 1. The number of thioether (sulfide) groups is 1. The minimum absolute atomic E-state index is 0.166. The highest BCUT2D eigenvalue weighted by molar-refractivity contribution is 8.01. The van der Waals surface area contributed by atoms with E-state index in [-0.39, 0.29) is 18.5 Å². The van der Waals surface area contributed by atoms with Crippen LogP contribution in [0.5, 0.6) is 0 Å². The highest BCUT2D eigenvalue weighted by Gasteiger charge is 2.30. The number of benzene rings is 1. The van der Waals surface area contributed by atoms with Crippen LogP contribution in [0.2, 0.25) is 0 Å². The molecule has 0 atom stereocenters. The molecule has 0 radical (unpaired) electrons. The molecule has 1 heterocycles. The molecule has 2 N–H and O–H groups in total. The van der Waals surface area contributed by atoms with E-state index in [1.54, 1.807) is 24.0 Å². The van der Waals surface area contributed by atoms with Crippen LogP contribution in [0.1, 0.15) is 56.6 Å². The summed E-state index contributed by atoms with van der Waals surface area (Å²) >= 11 is 3.15. The third kappa shape index (κ3) is 9.17. The van der Waals surface area contributed by atoms with Crippen LogP contribution in [-0.2, 0) is 17.4 Å². The molecular formula is C23H30F3N3O3S2. The van der Waals surface area contributed by atoms with E-state index >= 15 is 0 Å². The molecule has 0 saturated heterocycles. The first kappa shape index (κ1) is 28.0. The van der Waals surface area contributed by atoms with Crippen LogP contribution in [0.15, 0.2) is 34.7 Å². The number of aryl methyl sites for hydroxylation is 1. The van der Waals surface area contributed by atoms with Crippen LogP contribution in [0, 0.1) is 0 Å². The second-order valence-corrected chi connectivity index (χ2v) is 10.3. The second-order valence-electron chi connectivity index (χ2n) is 7.74. The molecule has 0 spiro atoms. The van der Waals surface area contributed by atoms with Gasteiger partial charge in [0.25, 0.3) is 6.47 Å². The maximum atomic E-state index is 13.0. The molecule has 2 aromatic rings. The van der Waals surface area contributed by atoms with Gasteiger partial charge in [-0.2, -0.15) is 13.2 Å². The molecular weight excluding hydrogens is 487 g/mol. The number of carboxylic acid groups (broad SMARTS) is 1. The van der Waals surface area contributed by atoms with Gasteiger partial charge in [-0.25, -0.2) is 9.78 Å². The summed E-state index contributed by atoms with van der Waals surface area (Å²) in [5.41, 5.74) is 0.0105. The highest BCUT2D eigenvalue weighted by Crippen LogP contribution is 2.31. The van der Waals surface area contributed by atoms with E-state index in [0.29, 0.717) is 30.1 Å². The number of rotatable bonds is 8. The van der Waals surface area contributed by atoms with Crippen LogP contribution in [0.4, 0.5) is 23.1 Å². The van der Waals surface area contributed by atoms with E-state index in [0.717, 1.165) is 41.7 Å². The molecule has 1 aromatic heterocycles.